The lowest BCUT2D eigenvalue weighted by atomic mass is 10.2. The summed E-state index contributed by atoms with van der Waals surface area (Å²) in [5.74, 6) is 0.674. The van der Waals surface area contributed by atoms with Crippen LogP contribution in [0.5, 0.6) is 5.88 Å². The molecule has 0 saturated carbocycles. The van der Waals surface area contributed by atoms with Crippen molar-refractivity contribution in [2.75, 3.05) is 26.4 Å². The molecule has 0 spiro atoms. The largest absolute Gasteiger partial charge is 0.475 e. The summed E-state index contributed by atoms with van der Waals surface area (Å²) >= 11 is 0. The summed E-state index contributed by atoms with van der Waals surface area (Å²) in [4.78, 5) is 4.43. The Morgan fingerprint density at radius 2 is 2.00 bits per heavy atom. The molecule has 0 aromatic carbocycles. The van der Waals surface area contributed by atoms with E-state index in [0.29, 0.717) is 19.1 Å². The predicted molar refractivity (Wildman–Crippen MR) is 73.0 cm³/mol. The van der Waals surface area contributed by atoms with Gasteiger partial charge in [0, 0.05) is 24.9 Å². The van der Waals surface area contributed by atoms with Crippen LogP contribution in [0.2, 0.25) is 0 Å². The fraction of sp³-hybridized carbons (Fsp3) is 0.643. The van der Waals surface area contributed by atoms with Gasteiger partial charge in [-0.25, -0.2) is 4.98 Å². The second-order valence-electron chi connectivity index (χ2n) is 4.14. The van der Waals surface area contributed by atoms with Crippen LogP contribution in [0.3, 0.4) is 0 Å². The van der Waals surface area contributed by atoms with Crippen molar-refractivity contribution in [3.05, 3.63) is 23.4 Å². The van der Waals surface area contributed by atoms with Gasteiger partial charge in [0.15, 0.2) is 0 Å². The first-order valence-corrected chi connectivity index (χ1v) is 6.65. The molecule has 0 amide bonds. The van der Waals surface area contributed by atoms with Crippen LogP contribution in [0.15, 0.2) is 12.1 Å². The molecule has 1 rings (SSSR count). The highest BCUT2D eigenvalue weighted by atomic mass is 16.5. The van der Waals surface area contributed by atoms with Crippen LogP contribution in [0.25, 0.3) is 0 Å². The summed E-state index contributed by atoms with van der Waals surface area (Å²) in [5, 5.41) is 3.29. The smallest absolute Gasteiger partial charge is 0.213 e. The van der Waals surface area contributed by atoms with E-state index in [4.69, 9.17) is 9.47 Å². The van der Waals surface area contributed by atoms with Crippen molar-refractivity contribution in [3.63, 3.8) is 0 Å². The standard InChI is InChI=1S/C14H24N2O2/c1-4-8-17-9-10-18-14-7-6-13(11-15-5-2)12(3)16-14/h6-7,15H,4-5,8-11H2,1-3H3. The molecule has 0 saturated heterocycles. The maximum absolute atomic E-state index is 5.54. The Labute approximate surface area is 110 Å². The topological polar surface area (TPSA) is 43.4 Å². The van der Waals surface area contributed by atoms with Crippen LogP contribution in [0.4, 0.5) is 0 Å². The van der Waals surface area contributed by atoms with Gasteiger partial charge in [-0.05, 0) is 25.5 Å². The number of hydrogen-bond acceptors (Lipinski definition) is 4. The van der Waals surface area contributed by atoms with Gasteiger partial charge in [-0.15, -0.1) is 0 Å². The first-order chi connectivity index (χ1) is 8.77. The van der Waals surface area contributed by atoms with Gasteiger partial charge in [0.1, 0.15) is 6.61 Å². The summed E-state index contributed by atoms with van der Waals surface area (Å²) < 4.78 is 10.9. The number of nitrogens with zero attached hydrogens (tertiary/aromatic N) is 1. The lowest BCUT2D eigenvalue weighted by Gasteiger charge is -2.09. The molecule has 4 heteroatoms. The minimum Gasteiger partial charge on any atom is -0.475 e. The zero-order chi connectivity index (χ0) is 13.2. The summed E-state index contributed by atoms with van der Waals surface area (Å²) in [6.45, 7) is 9.98. The van der Waals surface area contributed by atoms with Crippen molar-refractivity contribution in [2.45, 2.75) is 33.7 Å². The molecule has 1 aromatic heterocycles. The highest BCUT2D eigenvalue weighted by molar-refractivity contribution is 5.24. The van der Waals surface area contributed by atoms with E-state index < -0.39 is 0 Å². The highest BCUT2D eigenvalue weighted by Gasteiger charge is 2.02. The average molecular weight is 252 g/mol. The molecule has 0 radical (unpaired) electrons. The number of aryl methyl sites for hydroxylation is 1. The number of pyridine rings is 1. The van der Waals surface area contributed by atoms with Crippen molar-refractivity contribution < 1.29 is 9.47 Å². The molecule has 0 atom stereocenters. The Hall–Kier alpha value is -1.13. The second-order valence-corrected chi connectivity index (χ2v) is 4.14. The first kappa shape index (κ1) is 14.9. The van der Waals surface area contributed by atoms with Crippen LogP contribution in [0, 0.1) is 6.92 Å². The Morgan fingerprint density at radius 3 is 2.67 bits per heavy atom. The molecule has 1 heterocycles. The maximum atomic E-state index is 5.54. The number of ether oxygens (including phenoxy) is 2. The van der Waals surface area contributed by atoms with Crippen LogP contribution >= 0.6 is 0 Å². The molecule has 1 N–H and O–H groups in total. The van der Waals surface area contributed by atoms with E-state index in [0.717, 1.165) is 31.8 Å². The first-order valence-electron chi connectivity index (χ1n) is 6.65. The van der Waals surface area contributed by atoms with Crippen LogP contribution in [-0.4, -0.2) is 31.3 Å². The molecule has 0 bridgehead atoms. The molecule has 0 fully saturated rings. The van der Waals surface area contributed by atoms with Gasteiger partial charge >= 0.3 is 0 Å². The van der Waals surface area contributed by atoms with E-state index in [1.807, 2.05) is 13.0 Å². The Morgan fingerprint density at radius 1 is 1.17 bits per heavy atom. The van der Waals surface area contributed by atoms with Gasteiger partial charge in [-0.3, -0.25) is 0 Å². The molecule has 4 nitrogen and oxygen atoms in total. The average Bonchev–Trinajstić information content (AvgIpc) is 2.37. The third-order valence-corrected chi connectivity index (χ3v) is 2.56. The fourth-order valence-electron chi connectivity index (χ4n) is 1.55. The minimum absolute atomic E-state index is 0.555. The van der Waals surface area contributed by atoms with Gasteiger partial charge in [-0.1, -0.05) is 19.9 Å². The molecule has 18 heavy (non-hydrogen) atoms. The predicted octanol–water partition coefficient (Wildman–Crippen LogP) is 2.30. The quantitative estimate of drug-likeness (QED) is 0.685. The summed E-state index contributed by atoms with van der Waals surface area (Å²) in [6.07, 6.45) is 1.04. The van der Waals surface area contributed by atoms with Gasteiger partial charge in [-0.2, -0.15) is 0 Å². The van der Waals surface area contributed by atoms with Gasteiger partial charge in [0.25, 0.3) is 0 Å². The van der Waals surface area contributed by atoms with Gasteiger partial charge in [0.2, 0.25) is 5.88 Å². The minimum atomic E-state index is 0.555. The van der Waals surface area contributed by atoms with E-state index in [2.05, 4.69) is 30.2 Å². The molecule has 0 aliphatic rings. The van der Waals surface area contributed by atoms with E-state index in [9.17, 15) is 0 Å². The maximum Gasteiger partial charge on any atom is 0.213 e. The lowest BCUT2D eigenvalue weighted by molar-refractivity contribution is 0.0989. The number of nitrogens with one attached hydrogen (secondary N) is 1. The molecular formula is C14H24N2O2. The van der Waals surface area contributed by atoms with E-state index in [1.54, 1.807) is 0 Å². The van der Waals surface area contributed by atoms with E-state index in [-0.39, 0.29) is 0 Å². The summed E-state index contributed by atoms with van der Waals surface area (Å²) in [7, 11) is 0. The number of hydrogen-bond donors (Lipinski definition) is 1. The zero-order valence-electron chi connectivity index (χ0n) is 11.7. The third kappa shape index (κ3) is 5.47. The number of aromatic nitrogens is 1. The molecule has 102 valence electrons. The van der Waals surface area contributed by atoms with Gasteiger partial charge in [0.05, 0.1) is 6.61 Å². The molecular weight excluding hydrogens is 228 g/mol. The monoisotopic (exact) mass is 252 g/mol. The van der Waals surface area contributed by atoms with Crippen LogP contribution in [-0.2, 0) is 11.3 Å². The van der Waals surface area contributed by atoms with Crippen molar-refractivity contribution in [1.29, 1.82) is 0 Å². The zero-order valence-corrected chi connectivity index (χ0v) is 11.7. The Balaban J connectivity index is 2.36. The lowest BCUT2D eigenvalue weighted by Crippen LogP contribution is -2.13. The normalized spacial score (nSPS) is 10.6. The Bertz CT molecular complexity index is 343. The SMILES string of the molecule is CCCOCCOc1ccc(CNCC)c(C)n1. The summed E-state index contributed by atoms with van der Waals surface area (Å²) in [6, 6.07) is 3.98. The van der Waals surface area contributed by atoms with Crippen molar-refractivity contribution >= 4 is 0 Å². The molecule has 0 aliphatic heterocycles. The van der Waals surface area contributed by atoms with E-state index >= 15 is 0 Å². The van der Waals surface area contributed by atoms with Crippen LogP contribution < -0.4 is 10.1 Å². The van der Waals surface area contributed by atoms with Crippen molar-refractivity contribution in [3.8, 4) is 5.88 Å². The molecule has 0 unspecified atom stereocenters. The van der Waals surface area contributed by atoms with Gasteiger partial charge < -0.3 is 14.8 Å². The van der Waals surface area contributed by atoms with Crippen molar-refractivity contribution in [1.82, 2.24) is 10.3 Å². The molecule has 0 aliphatic carbocycles. The van der Waals surface area contributed by atoms with Crippen LogP contribution in [0.1, 0.15) is 31.5 Å². The fourth-order valence-corrected chi connectivity index (χ4v) is 1.55. The summed E-state index contributed by atoms with van der Waals surface area (Å²) in [5.41, 5.74) is 2.23. The Kier molecular flexibility index (Phi) is 7.37. The third-order valence-electron chi connectivity index (χ3n) is 2.56. The van der Waals surface area contributed by atoms with E-state index in [1.165, 1.54) is 5.56 Å². The highest BCUT2D eigenvalue weighted by Crippen LogP contribution is 2.12. The molecule has 1 aromatic rings. The second kappa shape index (κ2) is 8.89. The number of rotatable bonds is 9. The van der Waals surface area contributed by atoms with Crippen molar-refractivity contribution in [2.24, 2.45) is 0 Å².